The van der Waals surface area contributed by atoms with Crippen molar-refractivity contribution in [2.75, 3.05) is 11.1 Å². The molecule has 0 radical (unpaired) electrons. The molecule has 0 spiro atoms. The minimum Gasteiger partial charge on any atom is -0.483 e. The molecule has 0 bridgehead atoms. The van der Waals surface area contributed by atoms with E-state index in [4.69, 9.17) is 4.74 Å². The van der Waals surface area contributed by atoms with Crippen molar-refractivity contribution in [2.24, 2.45) is 7.05 Å². The van der Waals surface area contributed by atoms with E-state index in [-0.39, 0.29) is 23.6 Å². The van der Waals surface area contributed by atoms with E-state index in [1.807, 2.05) is 30.7 Å². The lowest BCUT2D eigenvalue weighted by Crippen LogP contribution is -2.14. The van der Waals surface area contributed by atoms with Crippen molar-refractivity contribution in [1.29, 1.82) is 0 Å². The maximum atomic E-state index is 12.9. The van der Waals surface area contributed by atoms with Crippen LogP contribution in [-0.2, 0) is 11.8 Å². The van der Waals surface area contributed by atoms with Gasteiger partial charge >= 0.3 is 0 Å². The van der Waals surface area contributed by atoms with Crippen LogP contribution in [0.3, 0.4) is 0 Å². The minimum atomic E-state index is -0.346. The quantitative estimate of drug-likeness (QED) is 0.514. The second-order valence-corrected chi connectivity index (χ2v) is 8.17. The molecule has 0 saturated heterocycles. The number of anilines is 1. The fourth-order valence-corrected chi connectivity index (χ4v) is 3.57. The lowest BCUT2D eigenvalue weighted by atomic mass is 10.0. The fraction of sp³-hybridized carbons (Fsp3) is 0.318. The predicted molar refractivity (Wildman–Crippen MR) is 116 cm³/mol. The Morgan fingerprint density at radius 2 is 1.77 bits per heavy atom. The molecule has 1 unspecified atom stereocenters. The third-order valence-electron chi connectivity index (χ3n) is 4.55. The Bertz CT molecular complexity index is 987. The SMILES string of the molecule is CC(C)c1ccc(OC(C)c2nnc(SCC(=O)Nc3ccc(F)cc3)n2C)cc1. The van der Waals surface area contributed by atoms with Gasteiger partial charge in [-0.05, 0) is 54.8 Å². The molecule has 3 aromatic rings. The number of carbonyl (C=O) groups is 1. The largest absolute Gasteiger partial charge is 0.483 e. The molecule has 0 aliphatic carbocycles. The van der Waals surface area contributed by atoms with Gasteiger partial charge in [-0.3, -0.25) is 4.79 Å². The van der Waals surface area contributed by atoms with E-state index in [1.165, 1.54) is 41.6 Å². The van der Waals surface area contributed by atoms with Crippen molar-refractivity contribution in [3.05, 3.63) is 65.7 Å². The van der Waals surface area contributed by atoms with Crippen LogP contribution in [0.2, 0.25) is 0 Å². The summed E-state index contributed by atoms with van der Waals surface area (Å²) in [6.07, 6.45) is -0.296. The highest BCUT2D eigenvalue weighted by Gasteiger charge is 2.18. The first-order valence-corrected chi connectivity index (χ1v) is 10.7. The summed E-state index contributed by atoms with van der Waals surface area (Å²) in [5.41, 5.74) is 1.80. The molecule has 1 amide bonds. The number of thioether (sulfide) groups is 1. The zero-order valence-electron chi connectivity index (χ0n) is 17.4. The number of aromatic nitrogens is 3. The van der Waals surface area contributed by atoms with Gasteiger partial charge in [-0.1, -0.05) is 37.7 Å². The summed E-state index contributed by atoms with van der Waals surface area (Å²) in [6.45, 7) is 6.21. The van der Waals surface area contributed by atoms with Crippen molar-refractivity contribution in [1.82, 2.24) is 14.8 Å². The van der Waals surface area contributed by atoms with Crippen LogP contribution < -0.4 is 10.1 Å². The summed E-state index contributed by atoms with van der Waals surface area (Å²) in [4.78, 5) is 12.1. The molecule has 30 heavy (non-hydrogen) atoms. The molecule has 0 aliphatic heterocycles. The van der Waals surface area contributed by atoms with E-state index < -0.39 is 0 Å². The van der Waals surface area contributed by atoms with Crippen molar-refractivity contribution in [3.8, 4) is 5.75 Å². The van der Waals surface area contributed by atoms with Crippen LogP contribution in [0.4, 0.5) is 10.1 Å². The monoisotopic (exact) mass is 428 g/mol. The lowest BCUT2D eigenvalue weighted by molar-refractivity contribution is -0.113. The molecular weight excluding hydrogens is 403 g/mol. The zero-order valence-corrected chi connectivity index (χ0v) is 18.2. The van der Waals surface area contributed by atoms with Crippen molar-refractivity contribution >= 4 is 23.4 Å². The summed E-state index contributed by atoms with van der Waals surface area (Å²) >= 11 is 1.27. The Morgan fingerprint density at radius 1 is 1.10 bits per heavy atom. The third-order valence-corrected chi connectivity index (χ3v) is 5.57. The Kier molecular flexibility index (Phi) is 7.10. The number of benzene rings is 2. The van der Waals surface area contributed by atoms with Crippen LogP contribution in [0, 0.1) is 5.82 Å². The van der Waals surface area contributed by atoms with Crippen molar-refractivity contribution < 1.29 is 13.9 Å². The second-order valence-electron chi connectivity index (χ2n) is 7.23. The molecule has 158 valence electrons. The second kappa shape index (κ2) is 9.75. The van der Waals surface area contributed by atoms with E-state index in [0.29, 0.717) is 22.6 Å². The van der Waals surface area contributed by atoms with Crippen molar-refractivity contribution in [2.45, 2.75) is 37.9 Å². The van der Waals surface area contributed by atoms with Gasteiger partial charge in [0.05, 0.1) is 5.75 Å². The number of ether oxygens (including phenoxy) is 1. The summed E-state index contributed by atoms with van der Waals surface area (Å²) in [5.74, 6) is 1.52. The average Bonchev–Trinajstić information content (AvgIpc) is 3.09. The van der Waals surface area contributed by atoms with E-state index in [1.54, 1.807) is 0 Å². The molecule has 1 atom stereocenters. The Morgan fingerprint density at radius 3 is 2.40 bits per heavy atom. The molecule has 1 heterocycles. The van der Waals surface area contributed by atoms with Crippen LogP contribution in [0.25, 0.3) is 0 Å². The molecule has 3 rings (SSSR count). The number of hydrogen-bond donors (Lipinski definition) is 1. The van der Waals surface area contributed by atoms with Crippen LogP contribution in [0.1, 0.15) is 44.2 Å². The summed E-state index contributed by atoms with van der Waals surface area (Å²) < 4.78 is 20.8. The average molecular weight is 429 g/mol. The van der Waals surface area contributed by atoms with Gasteiger partial charge in [-0.25, -0.2) is 4.39 Å². The molecule has 8 heteroatoms. The number of nitrogens with one attached hydrogen (secondary N) is 1. The highest BCUT2D eigenvalue weighted by molar-refractivity contribution is 7.99. The van der Waals surface area contributed by atoms with Crippen LogP contribution in [-0.4, -0.2) is 26.4 Å². The lowest BCUT2D eigenvalue weighted by Gasteiger charge is -2.15. The molecule has 0 aliphatic rings. The fourth-order valence-electron chi connectivity index (χ4n) is 2.85. The smallest absolute Gasteiger partial charge is 0.234 e. The van der Waals surface area contributed by atoms with E-state index in [9.17, 15) is 9.18 Å². The van der Waals surface area contributed by atoms with Crippen LogP contribution in [0.15, 0.2) is 53.7 Å². The van der Waals surface area contributed by atoms with Gasteiger partial charge in [-0.15, -0.1) is 10.2 Å². The number of rotatable bonds is 8. The van der Waals surface area contributed by atoms with Gasteiger partial charge in [0.15, 0.2) is 17.1 Å². The Hall–Kier alpha value is -2.87. The molecule has 0 fully saturated rings. The van der Waals surface area contributed by atoms with Gasteiger partial charge in [0.1, 0.15) is 11.6 Å². The first-order chi connectivity index (χ1) is 14.3. The van der Waals surface area contributed by atoms with Gasteiger partial charge in [-0.2, -0.15) is 0 Å². The molecule has 6 nitrogen and oxygen atoms in total. The van der Waals surface area contributed by atoms with Gasteiger partial charge < -0.3 is 14.6 Å². The minimum absolute atomic E-state index is 0.162. The summed E-state index contributed by atoms with van der Waals surface area (Å²) in [6, 6.07) is 13.7. The van der Waals surface area contributed by atoms with Crippen LogP contribution in [0.5, 0.6) is 5.75 Å². The maximum Gasteiger partial charge on any atom is 0.234 e. The van der Waals surface area contributed by atoms with E-state index in [0.717, 1.165) is 5.75 Å². The van der Waals surface area contributed by atoms with E-state index >= 15 is 0 Å². The maximum absolute atomic E-state index is 12.9. The number of hydrogen-bond acceptors (Lipinski definition) is 5. The summed E-state index contributed by atoms with van der Waals surface area (Å²) in [7, 11) is 1.84. The Labute approximate surface area is 179 Å². The number of amides is 1. The van der Waals surface area contributed by atoms with Crippen LogP contribution >= 0.6 is 11.8 Å². The molecular formula is C22H25FN4O2S. The normalized spacial score (nSPS) is 12.1. The molecule has 1 N–H and O–H groups in total. The first-order valence-electron chi connectivity index (χ1n) is 9.67. The number of carbonyl (C=O) groups excluding carboxylic acids is 1. The van der Waals surface area contributed by atoms with Gasteiger partial charge in [0.25, 0.3) is 0 Å². The molecule has 1 aromatic heterocycles. The standard InChI is InChI=1S/C22H25FN4O2S/c1-14(2)16-5-11-19(12-6-16)29-15(3)21-25-26-22(27(21)4)30-13-20(28)24-18-9-7-17(23)8-10-18/h5-12,14-15H,13H2,1-4H3,(H,24,28). The first kappa shape index (κ1) is 21.8. The summed E-state index contributed by atoms with van der Waals surface area (Å²) in [5, 5.41) is 11.7. The third kappa shape index (κ3) is 5.60. The Balaban J connectivity index is 1.56. The highest BCUT2D eigenvalue weighted by atomic mass is 32.2. The predicted octanol–water partition coefficient (Wildman–Crippen LogP) is 4.95. The van der Waals surface area contributed by atoms with Crippen molar-refractivity contribution in [3.63, 3.8) is 0 Å². The van der Waals surface area contributed by atoms with E-state index in [2.05, 4.69) is 41.5 Å². The highest BCUT2D eigenvalue weighted by Crippen LogP contribution is 2.25. The topological polar surface area (TPSA) is 69.0 Å². The molecule has 0 saturated carbocycles. The van der Waals surface area contributed by atoms with Gasteiger partial charge in [0, 0.05) is 12.7 Å². The number of nitrogens with zero attached hydrogens (tertiary/aromatic N) is 3. The van der Waals surface area contributed by atoms with Gasteiger partial charge in [0.2, 0.25) is 5.91 Å². The zero-order chi connectivity index (χ0) is 21.7. The number of halogens is 1. The molecule has 2 aromatic carbocycles.